The van der Waals surface area contributed by atoms with E-state index in [1.54, 1.807) is 5.57 Å². The number of fused-ring (bicyclic) bond motifs is 1. The van der Waals surface area contributed by atoms with Crippen molar-refractivity contribution < 1.29 is 0 Å². The summed E-state index contributed by atoms with van der Waals surface area (Å²) in [4.78, 5) is 0. The summed E-state index contributed by atoms with van der Waals surface area (Å²) >= 11 is 0. The smallest absolute Gasteiger partial charge is 0.0146 e. The molecular formula is C15H24. The zero-order valence-electron chi connectivity index (χ0n) is 10.6. The second kappa shape index (κ2) is 2.70. The molecule has 3 aliphatic carbocycles. The Hall–Kier alpha value is -0.260. The Morgan fingerprint density at radius 1 is 1.27 bits per heavy atom. The molecule has 3 rings (SSSR count). The lowest BCUT2D eigenvalue weighted by Gasteiger charge is -2.36. The van der Waals surface area contributed by atoms with E-state index in [0.717, 1.165) is 17.8 Å². The Kier molecular flexibility index (Phi) is 1.79. The van der Waals surface area contributed by atoms with Crippen molar-refractivity contribution in [3.63, 3.8) is 0 Å². The first-order chi connectivity index (χ1) is 6.98. The zero-order chi connectivity index (χ0) is 10.8. The van der Waals surface area contributed by atoms with Crippen molar-refractivity contribution in [3.05, 3.63) is 11.6 Å². The van der Waals surface area contributed by atoms with E-state index < -0.39 is 0 Å². The maximum Gasteiger partial charge on any atom is -0.0146 e. The highest BCUT2D eigenvalue weighted by Gasteiger charge is 2.62. The number of hydrogen-bond acceptors (Lipinski definition) is 0. The molecule has 3 unspecified atom stereocenters. The lowest BCUT2D eigenvalue weighted by molar-refractivity contribution is 0.128. The SMILES string of the molecule is CC1=CC[C@@]23CC1C(C)(C)C2CCC3C. The van der Waals surface area contributed by atoms with Crippen LogP contribution in [0.15, 0.2) is 11.6 Å². The van der Waals surface area contributed by atoms with Crippen molar-refractivity contribution in [1.29, 1.82) is 0 Å². The minimum atomic E-state index is 0.571. The molecule has 0 aliphatic heterocycles. The fourth-order valence-corrected chi connectivity index (χ4v) is 5.35. The Balaban J connectivity index is 2.11. The molecule has 0 aromatic carbocycles. The third-order valence-electron chi connectivity index (χ3n) is 6.30. The van der Waals surface area contributed by atoms with Crippen molar-refractivity contribution in [2.45, 2.75) is 53.4 Å². The lowest BCUT2D eigenvalue weighted by Crippen LogP contribution is -2.30. The number of allylic oxidation sites excluding steroid dienone is 2. The Morgan fingerprint density at radius 3 is 2.73 bits per heavy atom. The van der Waals surface area contributed by atoms with E-state index in [9.17, 15) is 0 Å². The van der Waals surface area contributed by atoms with Crippen molar-refractivity contribution in [2.24, 2.45) is 28.6 Å². The summed E-state index contributed by atoms with van der Waals surface area (Å²) in [5.74, 6) is 2.86. The van der Waals surface area contributed by atoms with Crippen LogP contribution in [0.3, 0.4) is 0 Å². The van der Waals surface area contributed by atoms with E-state index in [-0.39, 0.29) is 0 Å². The molecule has 0 N–H and O–H groups in total. The Morgan fingerprint density at radius 2 is 2.00 bits per heavy atom. The van der Waals surface area contributed by atoms with Crippen molar-refractivity contribution in [1.82, 2.24) is 0 Å². The predicted molar refractivity (Wildman–Crippen MR) is 64.6 cm³/mol. The van der Waals surface area contributed by atoms with Gasteiger partial charge in [-0.3, -0.25) is 0 Å². The summed E-state index contributed by atoms with van der Waals surface area (Å²) in [7, 11) is 0. The summed E-state index contributed by atoms with van der Waals surface area (Å²) in [6, 6.07) is 0. The van der Waals surface area contributed by atoms with Crippen LogP contribution in [0.2, 0.25) is 0 Å². The second-order valence-electron chi connectivity index (χ2n) is 6.99. The summed E-state index contributed by atoms with van der Waals surface area (Å²) in [5, 5.41) is 0. The van der Waals surface area contributed by atoms with Crippen LogP contribution in [0.25, 0.3) is 0 Å². The molecule has 2 bridgehead atoms. The van der Waals surface area contributed by atoms with Crippen LogP contribution in [0.5, 0.6) is 0 Å². The minimum Gasteiger partial charge on any atom is -0.0847 e. The first-order valence-electron chi connectivity index (χ1n) is 6.65. The predicted octanol–water partition coefficient (Wildman–Crippen LogP) is 4.42. The maximum atomic E-state index is 2.57. The van der Waals surface area contributed by atoms with Gasteiger partial charge in [0.1, 0.15) is 0 Å². The molecule has 2 saturated carbocycles. The number of rotatable bonds is 0. The average molecular weight is 204 g/mol. The highest BCUT2D eigenvalue weighted by molar-refractivity contribution is 5.25. The van der Waals surface area contributed by atoms with E-state index in [1.807, 2.05) is 0 Å². The van der Waals surface area contributed by atoms with Gasteiger partial charge in [0, 0.05) is 0 Å². The molecule has 3 aliphatic rings. The molecule has 15 heavy (non-hydrogen) atoms. The van der Waals surface area contributed by atoms with Crippen molar-refractivity contribution in [2.75, 3.05) is 0 Å². The molecule has 1 spiro atoms. The van der Waals surface area contributed by atoms with Crippen molar-refractivity contribution in [3.8, 4) is 0 Å². The molecule has 0 radical (unpaired) electrons. The van der Waals surface area contributed by atoms with Gasteiger partial charge in [-0.15, -0.1) is 0 Å². The van der Waals surface area contributed by atoms with Gasteiger partial charge in [-0.05, 0) is 61.2 Å². The van der Waals surface area contributed by atoms with Gasteiger partial charge in [0.2, 0.25) is 0 Å². The lowest BCUT2D eigenvalue weighted by atomic mass is 9.68. The number of hydrogen-bond donors (Lipinski definition) is 0. The van der Waals surface area contributed by atoms with Crippen LogP contribution in [-0.2, 0) is 0 Å². The van der Waals surface area contributed by atoms with Crippen LogP contribution in [0.4, 0.5) is 0 Å². The first-order valence-corrected chi connectivity index (χ1v) is 6.65. The highest BCUT2D eigenvalue weighted by atomic mass is 14.7. The monoisotopic (exact) mass is 204 g/mol. The van der Waals surface area contributed by atoms with Gasteiger partial charge in [0.05, 0.1) is 0 Å². The third-order valence-corrected chi connectivity index (χ3v) is 6.30. The molecule has 84 valence electrons. The first kappa shape index (κ1) is 9.93. The molecule has 0 saturated heterocycles. The van der Waals surface area contributed by atoms with Gasteiger partial charge in [0.15, 0.2) is 0 Å². The summed E-state index contributed by atoms with van der Waals surface area (Å²) in [5.41, 5.74) is 2.96. The molecular weight excluding hydrogens is 180 g/mol. The zero-order valence-corrected chi connectivity index (χ0v) is 10.6. The molecule has 2 fully saturated rings. The molecule has 0 heteroatoms. The van der Waals surface area contributed by atoms with Gasteiger partial charge in [-0.2, -0.15) is 0 Å². The van der Waals surface area contributed by atoms with Gasteiger partial charge in [-0.25, -0.2) is 0 Å². The van der Waals surface area contributed by atoms with Crippen LogP contribution in [-0.4, -0.2) is 0 Å². The van der Waals surface area contributed by atoms with Crippen molar-refractivity contribution >= 4 is 0 Å². The van der Waals surface area contributed by atoms with Crippen LogP contribution >= 0.6 is 0 Å². The maximum absolute atomic E-state index is 2.57. The summed E-state index contributed by atoms with van der Waals surface area (Å²) in [6.07, 6.45) is 8.41. The molecule has 0 heterocycles. The van der Waals surface area contributed by atoms with Gasteiger partial charge in [-0.1, -0.05) is 32.4 Å². The summed E-state index contributed by atoms with van der Waals surface area (Å²) in [6.45, 7) is 9.94. The van der Waals surface area contributed by atoms with E-state index >= 15 is 0 Å². The molecule has 4 atom stereocenters. The Labute approximate surface area is 94.1 Å². The van der Waals surface area contributed by atoms with Crippen LogP contribution < -0.4 is 0 Å². The average Bonchev–Trinajstić information content (AvgIpc) is 2.57. The largest absolute Gasteiger partial charge is 0.0847 e. The minimum absolute atomic E-state index is 0.571. The Bertz CT molecular complexity index is 323. The molecule has 0 amide bonds. The highest BCUT2D eigenvalue weighted by Crippen LogP contribution is 2.71. The van der Waals surface area contributed by atoms with Gasteiger partial charge < -0.3 is 0 Å². The van der Waals surface area contributed by atoms with Crippen LogP contribution in [0.1, 0.15) is 53.4 Å². The quantitative estimate of drug-likeness (QED) is 0.513. The van der Waals surface area contributed by atoms with E-state index in [0.29, 0.717) is 10.8 Å². The van der Waals surface area contributed by atoms with E-state index in [2.05, 4.69) is 33.8 Å². The fraction of sp³-hybridized carbons (Fsp3) is 0.867. The molecule has 0 nitrogen and oxygen atoms in total. The normalized spacial score (nSPS) is 51.5. The molecule has 0 aromatic heterocycles. The van der Waals surface area contributed by atoms with E-state index in [4.69, 9.17) is 0 Å². The standard InChI is InChI=1S/C15H24/c1-10-7-8-15-9-12(10)14(3,4)13(15)6-5-11(15)2/h7,11-13H,5-6,8-9H2,1-4H3/t11?,12?,13?,15-/m0/s1. The second-order valence-corrected chi connectivity index (χ2v) is 6.99. The molecule has 0 aromatic rings. The summed E-state index contributed by atoms with van der Waals surface area (Å²) < 4.78 is 0. The van der Waals surface area contributed by atoms with E-state index in [1.165, 1.54) is 25.7 Å². The fourth-order valence-electron chi connectivity index (χ4n) is 5.35. The third kappa shape index (κ3) is 0.990. The van der Waals surface area contributed by atoms with Gasteiger partial charge in [0.25, 0.3) is 0 Å². The van der Waals surface area contributed by atoms with Gasteiger partial charge >= 0.3 is 0 Å². The van der Waals surface area contributed by atoms with Crippen LogP contribution in [0, 0.1) is 28.6 Å². The topological polar surface area (TPSA) is 0 Å².